The fraction of sp³-hybridized carbons (Fsp3) is 1.00. The van der Waals surface area contributed by atoms with Crippen molar-refractivity contribution in [3.63, 3.8) is 0 Å². The van der Waals surface area contributed by atoms with Crippen LogP contribution in [0.1, 0.15) is 8.35 Å². The van der Waals surface area contributed by atoms with Crippen molar-refractivity contribution in [3.05, 3.63) is 0 Å². The average Bonchev–Trinajstić information content (AvgIpc) is 1.87. The fourth-order valence-corrected chi connectivity index (χ4v) is 0. The molecule has 0 bridgehead atoms. The van der Waals surface area contributed by atoms with E-state index in [-0.39, 0.29) is 37.1 Å². The van der Waals surface area contributed by atoms with Crippen LogP contribution in [0.3, 0.4) is 0 Å². The largest absolute Gasteiger partial charge is 1.00 e. The first kappa shape index (κ1) is 18.0. The molecular formula is C4H16N2NaO3P. The average molecular weight is 194 g/mol. The molecule has 0 rings (SSSR count). The maximum absolute atomic E-state index is 9.69. The van der Waals surface area contributed by atoms with Gasteiger partial charge in [0.05, 0.1) is 0 Å². The SMILES string of the molecule is CCP(=O)(O)O.NCCN.[H-].[Na+]. The summed E-state index contributed by atoms with van der Waals surface area (Å²) < 4.78 is 9.69. The summed E-state index contributed by atoms with van der Waals surface area (Å²) >= 11 is 0. The molecule has 0 aliphatic carbocycles. The molecular weight excluding hydrogens is 178 g/mol. The molecule has 0 radical (unpaired) electrons. The van der Waals surface area contributed by atoms with Gasteiger partial charge in [0.1, 0.15) is 0 Å². The third-order valence-corrected chi connectivity index (χ3v) is 1.40. The van der Waals surface area contributed by atoms with Crippen molar-refractivity contribution in [3.8, 4) is 0 Å². The quantitative estimate of drug-likeness (QED) is 0.266. The molecule has 0 aromatic rings. The van der Waals surface area contributed by atoms with E-state index in [0.717, 1.165) is 0 Å². The Kier molecular flexibility index (Phi) is 18.1. The molecule has 6 N–H and O–H groups in total. The van der Waals surface area contributed by atoms with E-state index < -0.39 is 7.60 Å². The van der Waals surface area contributed by atoms with Crippen molar-refractivity contribution in [1.82, 2.24) is 0 Å². The van der Waals surface area contributed by atoms with Gasteiger partial charge in [0, 0.05) is 19.3 Å². The zero-order valence-corrected chi connectivity index (χ0v) is 9.92. The van der Waals surface area contributed by atoms with Gasteiger partial charge in [-0.15, -0.1) is 0 Å². The summed E-state index contributed by atoms with van der Waals surface area (Å²) in [5.41, 5.74) is 9.81. The fourth-order valence-electron chi connectivity index (χ4n) is 0. The monoisotopic (exact) mass is 194 g/mol. The Morgan fingerprint density at radius 2 is 1.55 bits per heavy atom. The molecule has 0 aromatic carbocycles. The number of hydrogen-bond donors (Lipinski definition) is 4. The van der Waals surface area contributed by atoms with E-state index in [1.54, 1.807) is 0 Å². The van der Waals surface area contributed by atoms with Gasteiger partial charge in [0.2, 0.25) is 0 Å². The zero-order valence-electron chi connectivity index (χ0n) is 8.03. The van der Waals surface area contributed by atoms with Gasteiger partial charge in [-0.3, -0.25) is 4.57 Å². The molecule has 66 valence electrons. The molecule has 0 spiro atoms. The van der Waals surface area contributed by atoms with E-state index in [2.05, 4.69) is 0 Å². The van der Waals surface area contributed by atoms with Crippen molar-refractivity contribution in [2.75, 3.05) is 19.3 Å². The zero-order chi connectivity index (χ0) is 8.62. The Hall–Kier alpha value is 1.07. The summed E-state index contributed by atoms with van der Waals surface area (Å²) in [6.07, 6.45) is -0.0625. The third-order valence-electron chi connectivity index (χ3n) is 0.579. The first-order valence-corrected chi connectivity index (χ1v) is 4.72. The van der Waals surface area contributed by atoms with Crippen molar-refractivity contribution >= 4 is 7.60 Å². The van der Waals surface area contributed by atoms with E-state index in [1.807, 2.05) is 0 Å². The molecule has 0 aliphatic rings. The van der Waals surface area contributed by atoms with Crippen LogP contribution in [0.4, 0.5) is 0 Å². The van der Waals surface area contributed by atoms with E-state index in [0.29, 0.717) is 13.1 Å². The molecule has 0 atom stereocenters. The Bertz CT molecular complexity index is 110. The Labute approximate surface area is 90.5 Å². The van der Waals surface area contributed by atoms with Crippen LogP contribution in [0.25, 0.3) is 0 Å². The summed E-state index contributed by atoms with van der Waals surface area (Å²) in [4.78, 5) is 15.9. The second kappa shape index (κ2) is 11.1. The summed E-state index contributed by atoms with van der Waals surface area (Å²) in [5.74, 6) is 0. The minimum absolute atomic E-state index is 0. The molecule has 0 unspecified atom stereocenters. The molecule has 0 amide bonds. The minimum Gasteiger partial charge on any atom is -1.00 e. The maximum atomic E-state index is 9.69. The number of nitrogens with two attached hydrogens (primary N) is 2. The first-order chi connectivity index (χ1) is 4.47. The molecule has 7 heteroatoms. The van der Waals surface area contributed by atoms with E-state index >= 15 is 0 Å². The Morgan fingerprint density at radius 3 is 1.55 bits per heavy atom. The van der Waals surface area contributed by atoms with E-state index in [1.165, 1.54) is 6.92 Å². The molecule has 0 fully saturated rings. The number of hydrogen-bond acceptors (Lipinski definition) is 3. The predicted molar refractivity (Wildman–Crippen MR) is 41.8 cm³/mol. The van der Waals surface area contributed by atoms with Crippen molar-refractivity contribution in [2.24, 2.45) is 11.5 Å². The van der Waals surface area contributed by atoms with Crippen LogP contribution in [-0.4, -0.2) is 29.0 Å². The smallest absolute Gasteiger partial charge is 1.00 e. The van der Waals surface area contributed by atoms with Crippen molar-refractivity contribution in [1.29, 1.82) is 0 Å². The summed E-state index contributed by atoms with van der Waals surface area (Å²) in [5, 5.41) is 0. The normalized spacial score (nSPS) is 9.18. The van der Waals surface area contributed by atoms with Crippen LogP contribution >= 0.6 is 7.60 Å². The molecule has 0 saturated carbocycles. The number of rotatable bonds is 2. The van der Waals surface area contributed by atoms with E-state index in [4.69, 9.17) is 21.3 Å². The van der Waals surface area contributed by atoms with Gasteiger partial charge in [-0.25, -0.2) is 0 Å². The summed E-state index contributed by atoms with van der Waals surface area (Å²) in [7, 11) is -3.65. The molecule has 0 aromatic heterocycles. The van der Waals surface area contributed by atoms with Crippen LogP contribution in [0, 0.1) is 0 Å². The molecule has 0 aliphatic heterocycles. The molecule has 0 saturated heterocycles. The van der Waals surface area contributed by atoms with Gasteiger partial charge in [-0.2, -0.15) is 0 Å². The van der Waals surface area contributed by atoms with E-state index in [9.17, 15) is 4.57 Å². The van der Waals surface area contributed by atoms with Gasteiger partial charge in [-0.05, 0) is 0 Å². The van der Waals surface area contributed by atoms with Gasteiger partial charge >= 0.3 is 37.2 Å². The van der Waals surface area contributed by atoms with Gasteiger partial charge in [-0.1, -0.05) is 6.92 Å². The Balaban J connectivity index is -0.0000000483. The Morgan fingerprint density at radius 1 is 1.36 bits per heavy atom. The van der Waals surface area contributed by atoms with Crippen LogP contribution in [0.15, 0.2) is 0 Å². The van der Waals surface area contributed by atoms with Crippen LogP contribution < -0.4 is 41.0 Å². The van der Waals surface area contributed by atoms with Gasteiger partial charge in [0.15, 0.2) is 0 Å². The topological polar surface area (TPSA) is 110 Å². The summed E-state index contributed by atoms with van der Waals surface area (Å²) in [6, 6.07) is 0. The first-order valence-electron chi connectivity index (χ1n) is 2.92. The molecule has 0 heterocycles. The van der Waals surface area contributed by atoms with Crippen molar-refractivity contribution < 1.29 is 45.3 Å². The molecule has 11 heavy (non-hydrogen) atoms. The third kappa shape index (κ3) is 35.4. The van der Waals surface area contributed by atoms with Crippen LogP contribution in [-0.2, 0) is 4.57 Å². The second-order valence-electron chi connectivity index (χ2n) is 1.56. The van der Waals surface area contributed by atoms with Crippen LogP contribution in [0.5, 0.6) is 0 Å². The van der Waals surface area contributed by atoms with Gasteiger partial charge in [0.25, 0.3) is 0 Å². The predicted octanol–water partition coefficient (Wildman–Crippen LogP) is -3.80. The van der Waals surface area contributed by atoms with Crippen LogP contribution in [0.2, 0.25) is 0 Å². The standard InChI is InChI=1S/C2H8N2.C2H7O3P.Na.H/c3-1-2-4;1-2-6(3,4)5;;/h1-4H2;2H2,1H3,(H2,3,4,5);;/q;;+1;-1. The second-order valence-corrected chi connectivity index (χ2v) is 3.52. The molecule has 5 nitrogen and oxygen atoms in total. The van der Waals surface area contributed by atoms with Gasteiger partial charge < -0.3 is 22.7 Å². The maximum Gasteiger partial charge on any atom is 1.00 e. The van der Waals surface area contributed by atoms with Crippen molar-refractivity contribution in [2.45, 2.75) is 6.92 Å². The minimum atomic E-state index is -3.65. The summed E-state index contributed by atoms with van der Waals surface area (Å²) in [6.45, 7) is 2.64.